The molecular formula is C28H26N2O2. The third-order valence-electron chi connectivity index (χ3n) is 5.22. The van der Waals surface area contributed by atoms with E-state index >= 15 is 0 Å². The maximum absolute atomic E-state index is 12.3. The molecule has 160 valence electrons. The number of benzene rings is 3. The maximum Gasteiger partial charge on any atom is 0.224 e. The van der Waals surface area contributed by atoms with E-state index in [0.29, 0.717) is 24.4 Å². The standard InChI is InChI=1S/C28H26N2O2/c1-21-12-14-22(15-13-21)16-18-26(31)30-25-17-19-27(29-20-25)32-28(23-8-4-2-5-9-23)24-10-6-3-7-11-24/h2-15,17,19-20,28H,16,18H2,1H3,(H,30,31). The molecule has 4 rings (SSSR count). The normalized spacial score (nSPS) is 10.7. The summed E-state index contributed by atoms with van der Waals surface area (Å²) in [6.07, 6.45) is 2.49. The quantitative estimate of drug-likeness (QED) is 0.372. The van der Waals surface area contributed by atoms with Crippen LogP contribution in [0.3, 0.4) is 0 Å². The average molecular weight is 423 g/mol. The Labute approximate surface area is 188 Å². The number of rotatable bonds is 8. The van der Waals surface area contributed by atoms with E-state index in [2.05, 4.69) is 41.5 Å². The summed E-state index contributed by atoms with van der Waals surface area (Å²) in [4.78, 5) is 16.7. The lowest BCUT2D eigenvalue weighted by molar-refractivity contribution is -0.116. The van der Waals surface area contributed by atoms with Crippen molar-refractivity contribution in [3.63, 3.8) is 0 Å². The molecule has 0 saturated heterocycles. The summed E-state index contributed by atoms with van der Waals surface area (Å²) in [5, 5.41) is 2.91. The first kappa shape index (κ1) is 21.3. The average Bonchev–Trinajstić information content (AvgIpc) is 2.84. The van der Waals surface area contributed by atoms with Crippen LogP contribution in [-0.2, 0) is 11.2 Å². The lowest BCUT2D eigenvalue weighted by atomic mass is 10.0. The largest absolute Gasteiger partial charge is 0.465 e. The monoisotopic (exact) mass is 422 g/mol. The third kappa shape index (κ3) is 5.82. The van der Waals surface area contributed by atoms with E-state index in [1.807, 2.05) is 66.7 Å². The minimum absolute atomic E-state index is 0.0347. The van der Waals surface area contributed by atoms with E-state index in [1.165, 1.54) is 5.56 Å². The lowest BCUT2D eigenvalue weighted by Gasteiger charge is -2.19. The zero-order valence-electron chi connectivity index (χ0n) is 18.1. The molecular weight excluding hydrogens is 396 g/mol. The molecule has 1 N–H and O–H groups in total. The van der Waals surface area contributed by atoms with Crippen molar-refractivity contribution in [3.05, 3.63) is 126 Å². The van der Waals surface area contributed by atoms with Gasteiger partial charge in [0.05, 0.1) is 11.9 Å². The first-order chi connectivity index (χ1) is 15.7. The van der Waals surface area contributed by atoms with Crippen LogP contribution < -0.4 is 10.1 Å². The molecule has 3 aromatic carbocycles. The number of nitrogens with zero attached hydrogens (tertiary/aromatic N) is 1. The molecule has 32 heavy (non-hydrogen) atoms. The number of aromatic nitrogens is 1. The zero-order chi connectivity index (χ0) is 22.2. The van der Waals surface area contributed by atoms with Gasteiger partial charge in [-0.25, -0.2) is 4.98 Å². The van der Waals surface area contributed by atoms with Crippen LogP contribution in [0.4, 0.5) is 5.69 Å². The van der Waals surface area contributed by atoms with Gasteiger partial charge in [-0.3, -0.25) is 4.79 Å². The number of pyridine rings is 1. The maximum atomic E-state index is 12.3. The van der Waals surface area contributed by atoms with Crippen LogP contribution in [0.15, 0.2) is 103 Å². The molecule has 1 heterocycles. The number of amides is 1. The summed E-state index contributed by atoms with van der Waals surface area (Å²) in [7, 11) is 0. The van der Waals surface area contributed by atoms with E-state index in [0.717, 1.165) is 16.7 Å². The van der Waals surface area contributed by atoms with Gasteiger partial charge in [-0.15, -0.1) is 0 Å². The molecule has 1 amide bonds. The predicted octanol–water partition coefficient (Wildman–Crippen LogP) is 6.13. The number of hydrogen-bond donors (Lipinski definition) is 1. The van der Waals surface area contributed by atoms with Gasteiger partial charge in [0.1, 0.15) is 0 Å². The Hall–Kier alpha value is -3.92. The minimum Gasteiger partial charge on any atom is -0.465 e. The van der Waals surface area contributed by atoms with Crippen LogP contribution >= 0.6 is 0 Å². The first-order valence-corrected chi connectivity index (χ1v) is 10.8. The van der Waals surface area contributed by atoms with Gasteiger partial charge in [0.15, 0.2) is 6.10 Å². The molecule has 4 nitrogen and oxygen atoms in total. The zero-order valence-corrected chi connectivity index (χ0v) is 18.1. The van der Waals surface area contributed by atoms with E-state index in [-0.39, 0.29) is 12.0 Å². The summed E-state index contributed by atoms with van der Waals surface area (Å²) < 4.78 is 6.24. The molecule has 0 aliphatic rings. The SMILES string of the molecule is Cc1ccc(CCC(=O)Nc2ccc(OC(c3ccccc3)c3ccccc3)nc2)cc1. The molecule has 0 radical (unpaired) electrons. The Morgan fingerprint density at radius 3 is 2.03 bits per heavy atom. The fraction of sp³-hybridized carbons (Fsp3) is 0.143. The summed E-state index contributed by atoms with van der Waals surface area (Å²) in [6, 6.07) is 32.0. The molecule has 0 bridgehead atoms. The summed E-state index contributed by atoms with van der Waals surface area (Å²) >= 11 is 0. The molecule has 0 fully saturated rings. The fourth-order valence-electron chi connectivity index (χ4n) is 3.46. The second-order valence-corrected chi connectivity index (χ2v) is 7.74. The van der Waals surface area contributed by atoms with Crippen molar-refractivity contribution in [2.24, 2.45) is 0 Å². The Balaban J connectivity index is 1.39. The van der Waals surface area contributed by atoms with Crippen molar-refractivity contribution in [3.8, 4) is 5.88 Å². The van der Waals surface area contributed by atoms with Crippen LogP contribution in [0.25, 0.3) is 0 Å². The van der Waals surface area contributed by atoms with E-state index < -0.39 is 0 Å². The van der Waals surface area contributed by atoms with Crippen LogP contribution in [0, 0.1) is 6.92 Å². The molecule has 4 heteroatoms. The smallest absolute Gasteiger partial charge is 0.224 e. The van der Waals surface area contributed by atoms with Crippen LogP contribution in [-0.4, -0.2) is 10.9 Å². The van der Waals surface area contributed by atoms with Crippen molar-refractivity contribution in [2.75, 3.05) is 5.32 Å². The molecule has 1 aromatic heterocycles. The second-order valence-electron chi connectivity index (χ2n) is 7.74. The highest BCUT2D eigenvalue weighted by molar-refractivity contribution is 5.90. The number of nitrogens with one attached hydrogen (secondary N) is 1. The van der Waals surface area contributed by atoms with Crippen molar-refractivity contribution in [1.29, 1.82) is 0 Å². The Morgan fingerprint density at radius 2 is 1.47 bits per heavy atom. The Kier molecular flexibility index (Phi) is 6.93. The van der Waals surface area contributed by atoms with Crippen LogP contribution in [0.1, 0.15) is 34.8 Å². The fourth-order valence-corrected chi connectivity index (χ4v) is 3.46. The summed E-state index contributed by atoms with van der Waals surface area (Å²) in [5.74, 6) is 0.466. The van der Waals surface area contributed by atoms with Gasteiger partial charge in [-0.1, -0.05) is 90.5 Å². The van der Waals surface area contributed by atoms with Gasteiger partial charge in [-0.05, 0) is 36.1 Å². The second kappa shape index (κ2) is 10.4. The van der Waals surface area contributed by atoms with Gasteiger partial charge in [0.25, 0.3) is 0 Å². The highest BCUT2D eigenvalue weighted by Crippen LogP contribution is 2.27. The van der Waals surface area contributed by atoms with Crippen LogP contribution in [0.5, 0.6) is 5.88 Å². The van der Waals surface area contributed by atoms with Gasteiger partial charge in [0.2, 0.25) is 11.8 Å². The van der Waals surface area contributed by atoms with E-state index in [1.54, 1.807) is 12.3 Å². The molecule has 0 aliphatic carbocycles. The van der Waals surface area contributed by atoms with Gasteiger partial charge >= 0.3 is 0 Å². The van der Waals surface area contributed by atoms with Crippen molar-refractivity contribution in [2.45, 2.75) is 25.9 Å². The first-order valence-electron chi connectivity index (χ1n) is 10.8. The molecule has 0 atom stereocenters. The van der Waals surface area contributed by atoms with Crippen molar-refractivity contribution in [1.82, 2.24) is 4.98 Å². The molecule has 4 aromatic rings. The number of anilines is 1. The topological polar surface area (TPSA) is 51.2 Å². The molecule has 0 spiro atoms. The number of aryl methyl sites for hydroxylation is 2. The molecule has 0 saturated carbocycles. The molecule has 0 unspecified atom stereocenters. The Morgan fingerprint density at radius 1 is 0.844 bits per heavy atom. The van der Waals surface area contributed by atoms with Crippen molar-refractivity contribution >= 4 is 11.6 Å². The minimum atomic E-state index is -0.264. The van der Waals surface area contributed by atoms with Crippen LogP contribution in [0.2, 0.25) is 0 Å². The Bertz CT molecular complexity index is 1090. The lowest BCUT2D eigenvalue weighted by Crippen LogP contribution is -2.13. The highest BCUT2D eigenvalue weighted by atomic mass is 16.5. The molecule has 0 aliphatic heterocycles. The van der Waals surface area contributed by atoms with Gasteiger partial charge in [0, 0.05) is 12.5 Å². The number of carbonyl (C=O) groups is 1. The van der Waals surface area contributed by atoms with Gasteiger partial charge in [-0.2, -0.15) is 0 Å². The third-order valence-corrected chi connectivity index (χ3v) is 5.22. The van der Waals surface area contributed by atoms with Crippen molar-refractivity contribution < 1.29 is 9.53 Å². The summed E-state index contributed by atoms with van der Waals surface area (Å²) in [5.41, 5.74) is 5.12. The predicted molar refractivity (Wildman–Crippen MR) is 128 cm³/mol. The number of ether oxygens (including phenoxy) is 1. The summed E-state index contributed by atoms with van der Waals surface area (Å²) in [6.45, 7) is 2.05. The number of hydrogen-bond acceptors (Lipinski definition) is 3. The number of carbonyl (C=O) groups excluding carboxylic acids is 1. The van der Waals surface area contributed by atoms with E-state index in [9.17, 15) is 4.79 Å². The van der Waals surface area contributed by atoms with E-state index in [4.69, 9.17) is 4.74 Å². The van der Waals surface area contributed by atoms with Gasteiger partial charge < -0.3 is 10.1 Å². The highest BCUT2D eigenvalue weighted by Gasteiger charge is 2.16.